The highest BCUT2D eigenvalue weighted by molar-refractivity contribution is 7.89. The number of aromatic nitrogens is 1. The van der Waals surface area contributed by atoms with Crippen molar-refractivity contribution >= 4 is 15.9 Å². The molecular formula is C27H27N3O4S. The molecule has 4 aromatic rings. The number of benzene rings is 3. The van der Waals surface area contributed by atoms with Crippen LogP contribution in [0.2, 0.25) is 0 Å². The third-order valence-electron chi connectivity index (χ3n) is 5.69. The topological polar surface area (TPSA) is 92.5 Å². The summed E-state index contributed by atoms with van der Waals surface area (Å²) in [6.07, 6.45) is 1.65. The zero-order valence-corrected chi connectivity index (χ0v) is 20.5. The van der Waals surface area contributed by atoms with E-state index in [0.29, 0.717) is 35.9 Å². The Morgan fingerprint density at radius 2 is 1.57 bits per heavy atom. The monoisotopic (exact) mass is 489 g/mol. The van der Waals surface area contributed by atoms with Gasteiger partial charge in [0.25, 0.3) is 5.91 Å². The Bertz CT molecular complexity index is 1390. The van der Waals surface area contributed by atoms with Crippen LogP contribution in [-0.4, -0.2) is 36.7 Å². The first-order chi connectivity index (χ1) is 16.9. The molecule has 0 saturated heterocycles. The van der Waals surface area contributed by atoms with Gasteiger partial charge in [-0.15, -0.1) is 0 Å². The maximum absolute atomic E-state index is 13.0. The summed E-state index contributed by atoms with van der Waals surface area (Å²) in [5, 5.41) is 2.90. The van der Waals surface area contributed by atoms with Crippen LogP contribution in [-0.2, 0) is 16.6 Å². The molecule has 0 radical (unpaired) electrons. The number of nitrogens with one attached hydrogen (secondary N) is 1. The van der Waals surface area contributed by atoms with Crippen LogP contribution in [0.5, 0.6) is 0 Å². The largest absolute Gasteiger partial charge is 0.436 e. The summed E-state index contributed by atoms with van der Waals surface area (Å²) in [4.78, 5) is 17.6. The van der Waals surface area contributed by atoms with Crippen LogP contribution >= 0.6 is 0 Å². The number of sulfonamides is 1. The zero-order valence-electron chi connectivity index (χ0n) is 19.6. The molecule has 0 aliphatic rings. The van der Waals surface area contributed by atoms with Crippen LogP contribution in [0.25, 0.3) is 22.8 Å². The van der Waals surface area contributed by atoms with E-state index in [-0.39, 0.29) is 17.3 Å². The van der Waals surface area contributed by atoms with Gasteiger partial charge in [0.1, 0.15) is 0 Å². The fourth-order valence-corrected chi connectivity index (χ4v) is 5.23. The van der Waals surface area contributed by atoms with E-state index < -0.39 is 10.0 Å². The first-order valence-corrected chi connectivity index (χ1v) is 12.9. The Morgan fingerprint density at radius 3 is 2.26 bits per heavy atom. The van der Waals surface area contributed by atoms with Crippen LogP contribution in [0.1, 0.15) is 29.8 Å². The van der Waals surface area contributed by atoms with Gasteiger partial charge in [-0.05, 0) is 29.8 Å². The van der Waals surface area contributed by atoms with Gasteiger partial charge in [-0.2, -0.15) is 4.31 Å². The second-order valence-corrected chi connectivity index (χ2v) is 9.80. The van der Waals surface area contributed by atoms with Crippen molar-refractivity contribution in [2.24, 2.45) is 0 Å². The molecule has 0 spiro atoms. The smallest absolute Gasteiger partial charge is 0.252 e. The van der Waals surface area contributed by atoms with Crippen molar-refractivity contribution < 1.29 is 17.6 Å². The molecular weight excluding hydrogens is 462 g/mol. The summed E-state index contributed by atoms with van der Waals surface area (Å²) in [5.74, 6) is 0.705. The van der Waals surface area contributed by atoms with E-state index >= 15 is 0 Å². The number of nitrogens with zero attached hydrogens (tertiary/aromatic N) is 2. The Labute approximate surface area is 205 Å². The molecule has 0 bridgehead atoms. The Balaban J connectivity index is 1.48. The molecule has 0 aliphatic heterocycles. The SMILES string of the molecule is CCN(CC)S(=O)(=O)c1ccc(CNC(=O)c2ccccc2-c2ncc(-c3ccccc3)o2)cc1. The van der Waals surface area contributed by atoms with E-state index in [4.69, 9.17) is 4.42 Å². The maximum atomic E-state index is 13.0. The molecule has 0 fully saturated rings. The number of hydrogen-bond acceptors (Lipinski definition) is 5. The van der Waals surface area contributed by atoms with E-state index in [1.54, 1.807) is 48.7 Å². The first kappa shape index (κ1) is 24.4. The molecule has 1 amide bonds. The van der Waals surface area contributed by atoms with Crippen LogP contribution in [0.4, 0.5) is 0 Å². The number of carbonyl (C=O) groups excluding carboxylic acids is 1. The highest BCUT2D eigenvalue weighted by Gasteiger charge is 2.21. The van der Waals surface area contributed by atoms with E-state index in [1.807, 2.05) is 50.2 Å². The van der Waals surface area contributed by atoms with E-state index in [0.717, 1.165) is 11.1 Å². The van der Waals surface area contributed by atoms with Gasteiger partial charge in [-0.25, -0.2) is 13.4 Å². The Hall–Kier alpha value is -3.75. The Kier molecular flexibility index (Phi) is 7.43. The fraction of sp³-hybridized carbons (Fsp3) is 0.185. The van der Waals surface area contributed by atoms with Gasteiger partial charge < -0.3 is 9.73 Å². The van der Waals surface area contributed by atoms with Crippen LogP contribution in [0.3, 0.4) is 0 Å². The fourth-order valence-electron chi connectivity index (χ4n) is 3.77. The normalized spacial score (nSPS) is 11.5. The number of hydrogen-bond donors (Lipinski definition) is 1. The number of oxazole rings is 1. The minimum absolute atomic E-state index is 0.236. The lowest BCUT2D eigenvalue weighted by Crippen LogP contribution is -2.30. The van der Waals surface area contributed by atoms with Crippen molar-refractivity contribution in [3.05, 3.63) is 96.2 Å². The van der Waals surface area contributed by atoms with Gasteiger partial charge in [0.15, 0.2) is 5.76 Å². The van der Waals surface area contributed by atoms with Gasteiger partial charge >= 0.3 is 0 Å². The molecule has 3 aromatic carbocycles. The van der Waals surface area contributed by atoms with Gasteiger partial charge in [0, 0.05) is 30.8 Å². The lowest BCUT2D eigenvalue weighted by molar-refractivity contribution is 0.0951. The van der Waals surface area contributed by atoms with Crippen molar-refractivity contribution in [3.63, 3.8) is 0 Å². The maximum Gasteiger partial charge on any atom is 0.252 e. The second-order valence-electron chi connectivity index (χ2n) is 7.86. The zero-order chi connectivity index (χ0) is 24.8. The van der Waals surface area contributed by atoms with E-state index in [1.165, 1.54) is 4.31 Å². The molecule has 1 N–H and O–H groups in total. The third-order valence-corrected chi connectivity index (χ3v) is 7.75. The number of carbonyl (C=O) groups is 1. The van der Waals surface area contributed by atoms with Gasteiger partial charge in [-0.3, -0.25) is 4.79 Å². The lowest BCUT2D eigenvalue weighted by Gasteiger charge is -2.18. The molecule has 0 atom stereocenters. The minimum atomic E-state index is -3.52. The average Bonchev–Trinajstić information content (AvgIpc) is 3.39. The molecule has 7 nitrogen and oxygen atoms in total. The number of rotatable bonds is 9. The predicted molar refractivity (Wildman–Crippen MR) is 135 cm³/mol. The highest BCUT2D eigenvalue weighted by atomic mass is 32.2. The molecule has 180 valence electrons. The summed E-state index contributed by atoms with van der Waals surface area (Å²) < 4.78 is 32.7. The molecule has 1 aromatic heterocycles. The van der Waals surface area contributed by atoms with Crippen LogP contribution in [0, 0.1) is 0 Å². The summed E-state index contributed by atoms with van der Waals surface area (Å²) in [7, 11) is -3.52. The summed E-state index contributed by atoms with van der Waals surface area (Å²) >= 11 is 0. The lowest BCUT2D eigenvalue weighted by atomic mass is 10.1. The van der Waals surface area contributed by atoms with Gasteiger partial charge in [0.05, 0.1) is 16.7 Å². The molecule has 0 unspecified atom stereocenters. The first-order valence-electron chi connectivity index (χ1n) is 11.4. The molecule has 0 aliphatic carbocycles. The summed E-state index contributed by atoms with van der Waals surface area (Å²) in [6.45, 7) is 4.69. The summed E-state index contributed by atoms with van der Waals surface area (Å²) in [5.41, 5.74) is 2.72. The highest BCUT2D eigenvalue weighted by Crippen LogP contribution is 2.28. The third kappa shape index (κ3) is 5.34. The predicted octanol–water partition coefficient (Wildman–Crippen LogP) is 4.97. The van der Waals surface area contributed by atoms with Gasteiger partial charge in [-0.1, -0.05) is 68.4 Å². The average molecular weight is 490 g/mol. The quantitative estimate of drug-likeness (QED) is 0.358. The van der Waals surface area contributed by atoms with E-state index in [2.05, 4.69) is 10.3 Å². The van der Waals surface area contributed by atoms with Crippen molar-refractivity contribution in [2.75, 3.05) is 13.1 Å². The van der Waals surface area contributed by atoms with E-state index in [9.17, 15) is 13.2 Å². The minimum Gasteiger partial charge on any atom is -0.436 e. The van der Waals surface area contributed by atoms with Crippen LogP contribution < -0.4 is 5.32 Å². The number of amides is 1. The second kappa shape index (κ2) is 10.7. The standard InChI is InChI=1S/C27H27N3O4S/c1-3-30(4-2)35(32,33)22-16-14-20(15-17-22)18-28-26(31)23-12-8-9-13-24(23)27-29-19-25(34-27)21-10-6-5-7-11-21/h5-17,19H,3-4,18H2,1-2H3,(H,28,31). The summed E-state index contributed by atoms with van der Waals surface area (Å²) in [6, 6.07) is 23.3. The molecule has 1 heterocycles. The molecule has 8 heteroatoms. The molecule has 35 heavy (non-hydrogen) atoms. The van der Waals surface area contributed by atoms with Crippen molar-refractivity contribution in [1.82, 2.24) is 14.6 Å². The molecule has 0 saturated carbocycles. The van der Waals surface area contributed by atoms with Crippen LogP contribution in [0.15, 0.2) is 94.4 Å². The van der Waals surface area contributed by atoms with Crippen molar-refractivity contribution in [2.45, 2.75) is 25.3 Å². The van der Waals surface area contributed by atoms with Gasteiger partial charge in [0.2, 0.25) is 15.9 Å². The molecule has 4 rings (SSSR count). The Morgan fingerprint density at radius 1 is 0.914 bits per heavy atom. The van der Waals surface area contributed by atoms with Crippen molar-refractivity contribution in [1.29, 1.82) is 0 Å². The van der Waals surface area contributed by atoms with Crippen molar-refractivity contribution in [3.8, 4) is 22.8 Å².